The van der Waals surface area contributed by atoms with Gasteiger partial charge >= 0.3 is 0 Å². The average molecular weight is 257 g/mol. The molecule has 1 atom stereocenters. The van der Waals surface area contributed by atoms with Crippen LogP contribution in [0.2, 0.25) is 0 Å². The molecule has 0 radical (unpaired) electrons. The third kappa shape index (κ3) is 2.26. The lowest BCUT2D eigenvalue weighted by atomic mass is 10.1. The molecule has 2 aromatic rings. The van der Waals surface area contributed by atoms with Crippen LogP contribution in [0.15, 0.2) is 18.5 Å². The van der Waals surface area contributed by atoms with Crippen molar-refractivity contribution >= 4 is 0 Å². The molecule has 0 N–H and O–H groups in total. The normalized spacial score (nSPS) is 20.1. The van der Waals surface area contributed by atoms with Gasteiger partial charge in [0.15, 0.2) is 5.82 Å². The Morgan fingerprint density at radius 2 is 2.11 bits per heavy atom. The van der Waals surface area contributed by atoms with Crippen molar-refractivity contribution in [1.29, 1.82) is 0 Å². The maximum atomic E-state index is 4.62. The first-order valence-corrected chi connectivity index (χ1v) is 6.68. The van der Waals surface area contributed by atoms with Gasteiger partial charge in [-0.3, -0.25) is 4.90 Å². The predicted octanol–water partition coefficient (Wildman–Crippen LogP) is 1.95. The van der Waals surface area contributed by atoms with Gasteiger partial charge in [0, 0.05) is 19.4 Å². The Morgan fingerprint density at radius 1 is 1.26 bits per heavy atom. The zero-order chi connectivity index (χ0) is 13.4. The summed E-state index contributed by atoms with van der Waals surface area (Å²) in [7, 11) is 4.15. The Bertz CT molecular complexity index is 589. The van der Waals surface area contributed by atoms with Crippen molar-refractivity contribution < 1.29 is 0 Å². The molecule has 1 saturated heterocycles. The van der Waals surface area contributed by atoms with Crippen molar-refractivity contribution in [3.8, 4) is 11.5 Å². The van der Waals surface area contributed by atoms with Crippen LogP contribution in [0.5, 0.6) is 0 Å². The van der Waals surface area contributed by atoms with E-state index in [9.17, 15) is 0 Å². The quantitative estimate of drug-likeness (QED) is 0.825. The number of aryl methyl sites for hydroxylation is 2. The average Bonchev–Trinajstić information content (AvgIpc) is 2.97. The molecule has 0 amide bonds. The van der Waals surface area contributed by atoms with Crippen molar-refractivity contribution in [2.75, 3.05) is 13.6 Å². The van der Waals surface area contributed by atoms with Gasteiger partial charge in [0.25, 0.3) is 0 Å². The second-order valence-corrected chi connectivity index (χ2v) is 5.23. The lowest BCUT2D eigenvalue weighted by Gasteiger charge is -2.19. The molecular formula is C14H19N5. The fraction of sp³-hybridized carbons (Fsp3) is 0.500. The molecular weight excluding hydrogens is 238 g/mol. The maximum absolute atomic E-state index is 4.62. The SMILES string of the molecule is Cc1nc(-c2nccn2C)cc([C@@H]2CCCN2C)n1. The van der Waals surface area contributed by atoms with Gasteiger partial charge in [-0.1, -0.05) is 0 Å². The Kier molecular flexibility index (Phi) is 3.06. The zero-order valence-electron chi connectivity index (χ0n) is 11.7. The van der Waals surface area contributed by atoms with Gasteiger partial charge < -0.3 is 4.57 Å². The number of nitrogens with zero attached hydrogens (tertiary/aromatic N) is 5. The van der Waals surface area contributed by atoms with E-state index in [1.54, 1.807) is 6.20 Å². The lowest BCUT2D eigenvalue weighted by Crippen LogP contribution is -2.19. The fourth-order valence-corrected chi connectivity index (χ4v) is 2.77. The Labute approximate surface area is 113 Å². The molecule has 5 nitrogen and oxygen atoms in total. The van der Waals surface area contributed by atoms with E-state index in [-0.39, 0.29) is 0 Å². The van der Waals surface area contributed by atoms with Crippen LogP contribution in [0, 0.1) is 6.92 Å². The lowest BCUT2D eigenvalue weighted by molar-refractivity contribution is 0.311. The van der Waals surface area contributed by atoms with Gasteiger partial charge in [-0.2, -0.15) is 0 Å². The minimum absolute atomic E-state index is 0.417. The van der Waals surface area contributed by atoms with Crippen LogP contribution in [0.3, 0.4) is 0 Å². The van der Waals surface area contributed by atoms with Crippen molar-refractivity contribution in [2.24, 2.45) is 7.05 Å². The second-order valence-electron chi connectivity index (χ2n) is 5.23. The topological polar surface area (TPSA) is 46.8 Å². The summed E-state index contributed by atoms with van der Waals surface area (Å²) in [5.74, 6) is 1.71. The van der Waals surface area contributed by atoms with Crippen molar-refractivity contribution in [3.05, 3.63) is 30.0 Å². The maximum Gasteiger partial charge on any atom is 0.158 e. The highest BCUT2D eigenvalue weighted by atomic mass is 15.2. The van der Waals surface area contributed by atoms with Gasteiger partial charge in [-0.15, -0.1) is 0 Å². The van der Waals surface area contributed by atoms with Gasteiger partial charge in [-0.25, -0.2) is 15.0 Å². The van der Waals surface area contributed by atoms with Gasteiger partial charge in [-0.05, 0) is 39.4 Å². The summed E-state index contributed by atoms with van der Waals surface area (Å²) in [6.07, 6.45) is 6.15. The summed E-state index contributed by atoms with van der Waals surface area (Å²) in [5.41, 5.74) is 2.03. The summed E-state index contributed by atoms with van der Waals surface area (Å²) < 4.78 is 1.99. The molecule has 0 saturated carbocycles. The van der Waals surface area contributed by atoms with E-state index in [1.165, 1.54) is 12.8 Å². The Morgan fingerprint density at radius 3 is 2.74 bits per heavy atom. The molecule has 0 spiro atoms. The third-order valence-electron chi connectivity index (χ3n) is 3.77. The fourth-order valence-electron chi connectivity index (χ4n) is 2.77. The first-order valence-electron chi connectivity index (χ1n) is 6.68. The van der Waals surface area contributed by atoms with E-state index in [1.807, 2.05) is 24.7 Å². The summed E-state index contributed by atoms with van der Waals surface area (Å²) in [5, 5.41) is 0. The van der Waals surface area contributed by atoms with Gasteiger partial charge in [0.1, 0.15) is 11.5 Å². The molecule has 0 bridgehead atoms. The molecule has 100 valence electrons. The minimum Gasteiger partial charge on any atom is -0.333 e. The number of imidazole rings is 1. The minimum atomic E-state index is 0.417. The van der Waals surface area contributed by atoms with E-state index in [2.05, 4.69) is 33.0 Å². The standard InChI is InChI=1S/C14H19N5/c1-10-16-11(13-5-4-7-18(13)2)9-12(17-10)14-15-6-8-19(14)3/h6,8-9,13H,4-5,7H2,1-3H3/t13-/m0/s1. The Hall–Kier alpha value is -1.75. The molecule has 1 aliphatic rings. The molecule has 0 aromatic carbocycles. The molecule has 3 heterocycles. The zero-order valence-corrected chi connectivity index (χ0v) is 11.7. The van der Waals surface area contributed by atoms with Crippen LogP contribution < -0.4 is 0 Å². The number of aromatic nitrogens is 4. The van der Waals surface area contributed by atoms with Gasteiger partial charge in [0.05, 0.1) is 11.7 Å². The molecule has 0 aliphatic carbocycles. The molecule has 19 heavy (non-hydrogen) atoms. The molecule has 1 fully saturated rings. The second kappa shape index (κ2) is 4.74. The number of hydrogen-bond donors (Lipinski definition) is 0. The first-order chi connectivity index (χ1) is 9.15. The van der Waals surface area contributed by atoms with E-state index in [4.69, 9.17) is 0 Å². The largest absolute Gasteiger partial charge is 0.333 e. The summed E-state index contributed by atoms with van der Waals surface area (Å²) >= 11 is 0. The highest BCUT2D eigenvalue weighted by Crippen LogP contribution is 2.30. The monoisotopic (exact) mass is 257 g/mol. The van der Waals surface area contributed by atoms with Crippen molar-refractivity contribution in [3.63, 3.8) is 0 Å². The van der Waals surface area contributed by atoms with Crippen LogP contribution in [0.1, 0.15) is 30.4 Å². The smallest absolute Gasteiger partial charge is 0.158 e. The van der Waals surface area contributed by atoms with Crippen LogP contribution >= 0.6 is 0 Å². The molecule has 0 unspecified atom stereocenters. The summed E-state index contributed by atoms with van der Waals surface area (Å²) in [4.78, 5) is 15.9. The molecule has 2 aromatic heterocycles. The van der Waals surface area contributed by atoms with E-state index < -0.39 is 0 Å². The molecule has 3 rings (SSSR count). The van der Waals surface area contributed by atoms with E-state index in [0.717, 1.165) is 29.6 Å². The van der Waals surface area contributed by atoms with Crippen LogP contribution in [-0.4, -0.2) is 38.0 Å². The first kappa shape index (κ1) is 12.3. The van der Waals surface area contributed by atoms with Crippen molar-refractivity contribution in [2.45, 2.75) is 25.8 Å². The third-order valence-corrected chi connectivity index (χ3v) is 3.77. The summed E-state index contributed by atoms with van der Waals surface area (Å²) in [6.45, 7) is 3.09. The predicted molar refractivity (Wildman–Crippen MR) is 73.6 cm³/mol. The number of likely N-dealkylation sites (tertiary alicyclic amines) is 1. The number of rotatable bonds is 2. The van der Waals surface area contributed by atoms with Crippen molar-refractivity contribution in [1.82, 2.24) is 24.4 Å². The van der Waals surface area contributed by atoms with Crippen LogP contribution in [0.4, 0.5) is 0 Å². The van der Waals surface area contributed by atoms with Crippen LogP contribution in [0.25, 0.3) is 11.5 Å². The highest BCUT2D eigenvalue weighted by Gasteiger charge is 2.25. The van der Waals surface area contributed by atoms with E-state index >= 15 is 0 Å². The van der Waals surface area contributed by atoms with Gasteiger partial charge in [0.2, 0.25) is 0 Å². The Balaban J connectivity index is 2.03. The van der Waals surface area contributed by atoms with E-state index in [0.29, 0.717) is 6.04 Å². The summed E-state index contributed by atoms with van der Waals surface area (Å²) in [6, 6.07) is 2.50. The number of hydrogen-bond acceptors (Lipinski definition) is 4. The molecule has 5 heteroatoms. The van der Waals surface area contributed by atoms with Crippen LogP contribution in [-0.2, 0) is 7.05 Å². The molecule has 1 aliphatic heterocycles. The highest BCUT2D eigenvalue weighted by molar-refractivity contribution is 5.50.